The lowest BCUT2D eigenvalue weighted by atomic mass is 10.1. The van der Waals surface area contributed by atoms with Crippen LogP contribution in [0.3, 0.4) is 0 Å². The molecule has 0 atom stereocenters. The molecular formula is C31H30Cl4N4+2. The summed E-state index contributed by atoms with van der Waals surface area (Å²) in [5.41, 5.74) is 4.02. The summed E-state index contributed by atoms with van der Waals surface area (Å²) in [4.78, 5) is 9.05. The minimum Gasteiger partial charge on any atom is -0.292 e. The van der Waals surface area contributed by atoms with Gasteiger partial charge in [0.25, 0.3) is 0 Å². The van der Waals surface area contributed by atoms with Crippen molar-refractivity contribution >= 4 is 58.8 Å². The number of pyridine rings is 2. The van der Waals surface area contributed by atoms with E-state index in [1.165, 1.54) is 0 Å². The van der Waals surface area contributed by atoms with Crippen LogP contribution in [0.4, 0.5) is 0 Å². The summed E-state index contributed by atoms with van der Waals surface area (Å²) in [6.45, 7) is 3.14. The minimum absolute atomic E-state index is 0.637. The molecular weight excluding hydrogens is 570 g/mol. The third-order valence-corrected chi connectivity index (χ3v) is 7.67. The molecule has 0 unspecified atom stereocenters. The molecule has 0 aliphatic carbocycles. The van der Waals surface area contributed by atoms with Crippen molar-refractivity contribution in [3.8, 4) is 0 Å². The average molecular weight is 600 g/mol. The fourth-order valence-corrected chi connectivity index (χ4v) is 5.25. The molecule has 0 aliphatic rings. The van der Waals surface area contributed by atoms with Gasteiger partial charge in [0.05, 0.1) is 6.42 Å². The molecule has 4 rings (SSSR count). The Balaban J connectivity index is 1.17. The van der Waals surface area contributed by atoms with Gasteiger partial charge < -0.3 is 0 Å². The Bertz CT molecular complexity index is 1270. The zero-order valence-corrected chi connectivity index (χ0v) is 24.5. The lowest BCUT2D eigenvalue weighted by Crippen LogP contribution is -2.38. The largest absolute Gasteiger partial charge is 0.292 e. The molecule has 0 bridgehead atoms. The number of rotatable bonds is 12. The van der Waals surface area contributed by atoms with Gasteiger partial charge >= 0.3 is 0 Å². The molecule has 0 aliphatic heterocycles. The fraction of sp³-hybridized carbons (Fsp3) is 0.226. The summed E-state index contributed by atoms with van der Waals surface area (Å²) in [5, 5.41) is 2.75. The Hall–Kier alpha value is -2.76. The third-order valence-electron chi connectivity index (χ3n) is 6.25. The second-order valence-corrected chi connectivity index (χ2v) is 10.7. The molecule has 0 amide bonds. The SMILES string of the molecule is Clc1cccc(Cl)c1CCN=Cc1cc[n+](CCC[n+]2ccc(C=NCCc3c(Cl)cccc3Cl)cc2)cc1. The minimum atomic E-state index is 0.637. The quantitative estimate of drug-likeness (QED) is 0.121. The van der Waals surface area contributed by atoms with Crippen molar-refractivity contribution in [1.29, 1.82) is 0 Å². The van der Waals surface area contributed by atoms with E-state index < -0.39 is 0 Å². The van der Waals surface area contributed by atoms with E-state index in [0.717, 1.165) is 41.8 Å². The van der Waals surface area contributed by atoms with Crippen LogP contribution in [0.25, 0.3) is 0 Å². The predicted molar refractivity (Wildman–Crippen MR) is 163 cm³/mol. The van der Waals surface area contributed by atoms with Gasteiger partial charge in [-0.3, -0.25) is 9.98 Å². The fourth-order valence-electron chi connectivity index (χ4n) is 4.08. The highest BCUT2D eigenvalue weighted by molar-refractivity contribution is 6.36. The Morgan fingerprint density at radius 3 is 1.26 bits per heavy atom. The van der Waals surface area contributed by atoms with Crippen LogP contribution in [0.5, 0.6) is 0 Å². The lowest BCUT2D eigenvalue weighted by molar-refractivity contribution is -0.726. The molecule has 2 heterocycles. The van der Waals surface area contributed by atoms with E-state index in [0.29, 0.717) is 46.0 Å². The summed E-state index contributed by atoms with van der Waals surface area (Å²) in [5.74, 6) is 0. The zero-order valence-electron chi connectivity index (χ0n) is 21.5. The van der Waals surface area contributed by atoms with Gasteiger partial charge in [0.1, 0.15) is 0 Å². The molecule has 8 heteroatoms. The van der Waals surface area contributed by atoms with Crippen LogP contribution in [-0.4, -0.2) is 25.5 Å². The molecule has 39 heavy (non-hydrogen) atoms. The van der Waals surface area contributed by atoms with Crippen LogP contribution in [0.2, 0.25) is 20.1 Å². The molecule has 0 saturated heterocycles. The van der Waals surface area contributed by atoms with Gasteiger partial charge in [-0.1, -0.05) is 58.5 Å². The number of halogens is 4. The molecule has 2 aromatic carbocycles. The smallest absolute Gasteiger partial charge is 0.169 e. The van der Waals surface area contributed by atoms with Crippen LogP contribution in [0, 0.1) is 0 Å². The third kappa shape index (κ3) is 9.15. The molecule has 4 aromatic rings. The van der Waals surface area contributed by atoms with Crippen molar-refractivity contribution in [2.45, 2.75) is 32.4 Å². The van der Waals surface area contributed by atoms with E-state index in [1.54, 1.807) is 0 Å². The van der Waals surface area contributed by atoms with Gasteiger partial charge in [-0.05, 0) is 48.2 Å². The summed E-state index contributed by atoms with van der Waals surface area (Å²) < 4.78 is 4.38. The van der Waals surface area contributed by atoms with Crippen molar-refractivity contribution in [3.05, 3.63) is 128 Å². The summed E-state index contributed by atoms with van der Waals surface area (Å²) in [6, 6.07) is 19.4. The van der Waals surface area contributed by atoms with E-state index in [1.807, 2.05) is 48.8 Å². The highest BCUT2D eigenvalue weighted by atomic mass is 35.5. The number of aromatic nitrogens is 2. The summed E-state index contributed by atoms with van der Waals surface area (Å²) >= 11 is 24.9. The first-order valence-electron chi connectivity index (χ1n) is 12.8. The lowest BCUT2D eigenvalue weighted by Gasteiger charge is -2.04. The molecule has 0 saturated carbocycles. The Morgan fingerprint density at radius 1 is 0.538 bits per heavy atom. The van der Waals surface area contributed by atoms with Gasteiger partial charge in [-0.25, -0.2) is 9.13 Å². The van der Waals surface area contributed by atoms with Crippen LogP contribution >= 0.6 is 46.4 Å². The topological polar surface area (TPSA) is 32.5 Å². The van der Waals surface area contributed by atoms with Crippen LogP contribution in [-0.2, 0) is 25.9 Å². The molecule has 0 spiro atoms. The standard InChI is InChI=1S/C31H30Cl4N4/c32-28-4-1-5-29(33)26(28)8-14-36-22-24-10-18-38(19-11-24)16-3-17-39-20-12-25(13-21-39)23-37-15-9-27-30(34)6-2-7-31(27)35/h1-2,4-7,10-13,18-23H,3,8-9,14-17H2/q+2. The van der Waals surface area contributed by atoms with Crippen molar-refractivity contribution in [3.63, 3.8) is 0 Å². The van der Waals surface area contributed by atoms with Crippen molar-refractivity contribution in [2.24, 2.45) is 9.98 Å². The Labute approximate surface area is 250 Å². The van der Waals surface area contributed by atoms with Crippen LogP contribution in [0.1, 0.15) is 28.7 Å². The maximum absolute atomic E-state index is 6.23. The number of aryl methyl sites for hydroxylation is 2. The highest BCUT2D eigenvalue weighted by Gasteiger charge is 2.07. The van der Waals surface area contributed by atoms with Gasteiger partial charge in [-0.15, -0.1) is 0 Å². The van der Waals surface area contributed by atoms with Gasteiger partial charge in [-0.2, -0.15) is 0 Å². The van der Waals surface area contributed by atoms with E-state index in [2.05, 4.69) is 68.2 Å². The zero-order chi connectivity index (χ0) is 27.5. The van der Waals surface area contributed by atoms with Gasteiger partial charge in [0, 0.05) is 81.0 Å². The number of nitrogens with zero attached hydrogens (tertiary/aromatic N) is 4. The first-order chi connectivity index (χ1) is 19.0. The van der Waals surface area contributed by atoms with Crippen molar-refractivity contribution in [2.75, 3.05) is 13.1 Å². The second-order valence-electron chi connectivity index (χ2n) is 9.06. The maximum atomic E-state index is 6.23. The molecule has 200 valence electrons. The first-order valence-corrected chi connectivity index (χ1v) is 14.3. The normalized spacial score (nSPS) is 11.6. The maximum Gasteiger partial charge on any atom is 0.169 e. The number of hydrogen-bond donors (Lipinski definition) is 0. The van der Waals surface area contributed by atoms with Crippen molar-refractivity contribution in [1.82, 2.24) is 0 Å². The predicted octanol–water partition coefficient (Wildman–Crippen LogP) is 7.29. The second kappa shape index (κ2) is 15.1. The molecule has 4 nitrogen and oxygen atoms in total. The molecule has 0 radical (unpaired) electrons. The number of benzene rings is 2. The van der Waals surface area contributed by atoms with E-state index in [4.69, 9.17) is 46.4 Å². The average Bonchev–Trinajstić information content (AvgIpc) is 2.93. The van der Waals surface area contributed by atoms with E-state index in [9.17, 15) is 0 Å². The monoisotopic (exact) mass is 598 g/mol. The Kier molecular flexibility index (Phi) is 11.3. The van der Waals surface area contributed by atoms with Gasteiger partial charge in [0.15, 0.2) is 37.9 Å². The summed E-state index contributed by atoms with van der Waals surface area (Å²) in [6.07, 6.45) is 14.6. The number of hydrogen-bond acceptors (Lipinski definition) is 2. The van der Waals surface area contributed by atoms with Crippen LogP contribution < -0.4 is 9.13 Å². The molecule has 2 aromatic heterocycles. The highest BCUT2D eigenvalue weighted by Crippen LogP contribution is 2.25. The van der Waals surface area contributed by atoms with Gasteiger partial charge in [0.2, 0.25) is 0 Å². The summed E-state index contributed by atoms with van der Waals surface area (Å²) in [7, 11) is 0. The Morgan fingerprint density at radius 2 is 0.897 bits per heavy atom. The van der Waals surface area contributed by atoms with E-state index in [-0.39, 0.29) is 0 Å². The molecule has 0 fully saturated rings. The molecule has 0 N–H and O–H groups in total. The number of aliphatic imine (C=N–C) groups is 2. The van der Waals surface area contributed by atoms with Crippen LogP contribution in [0.15, 0.2) is 95.4 Å². The van der Waals surface area contributed by atoms with Crippen molar-refractivity contribution < 1.29 is 9.13 Å². The van der Waals surface area contributed by atoms with E-state index >= 15 is 0 Å². The first kappa shape index (κ1) is 29.2.